The monoisotopic (exact) mass is 248 g/mol. The maximum atomic E-state index is 12.1. The van der Waals surface area contributed by atoms with Gasteiger partial charge in [0.2, 0.25) is 0 Å². The van der Waals surface area contributed by atoms with Crippen LogP contribution >= 0.6 is 21.7 Å². The van der Waals surface area contributed by atoms with E-state index in [1.807, 2.05) is 0 Å². The van der Waals surface area contributed by atoms with E-state index in [9.17, 15) is 30.7 Å². The lowest BCUT2D eigenvalue weighted by Gasteiger charge is -2.14. The van der Waals surface area contributed by atoms with Crippen molar-refractivity contribution in [3.63, 3.8) is 0 Å². The highest BCUT2D eigenvalue weighted by molar-refractivity contribution is 8.24. The summed E-state index contributed by atoms with van der Waals surface area (Å²) in [4.78, 5) is 0. The van der Waals surface area contributed by atoms with Gasteiger partial charge in [0.25, 0.3) is 0 Å². The van der Waals surface area contributed by atoms with Gasteiger partial charge in [-0.25, -0.2) is 0 Å². The maximum absolute atomic E-state index is 12.1. The molecule has 0 aliphatic carbocycles. The smallest absolute Gasteiger partial charge is 0.197 e. The van der Waals surface area contributed by atoms with Crippen LogP contribution in [0, 0.1) is 0 Å². The van der Waals surface area contributed by atoms with Crippen molar-refractivity contribution in [2.24, 2.45) is 0 Å². The minimum absolute atomic E-state index is 0.768. The molecule has 0 N–H and O–H groups in total. The first-order chi connectivity index (χ1) is 5.60. The van der Waals surface area contributed by atoms with Crippen molar-refractivity contribution in [2.75, 3.05) is 0 Å². The number of alkyl halides is 6. The van der Waals surface area contributed by atoms with Crippen LogP contribution in [0.2, 0.25) is 0 Å². The Kier molecular flexibility index (Phi) is 3.92. The first-order valence-electron chi connectivity index (χ1n) is 2.43. The molecule has 0 heterocycles. The number of halogens is 8. The Hall–Kier alpha value is -0.110. The fourth-order valence-electron chi connectivity index (χ4n) is 0.422. The maximum Gasteiger partial charge on any atom is 0.424 e. The molecule has 0 amide bonds. The van der Waals surface area contributed by atoms with Gasteiger partial charge in [0.05, 0.1) is 0 Å². The molecule has 78 valence electrons. The Balaban J connectivity index is 5.25. The van der Waals surface area contributed by atoms with Crippen LogP contribution in [0.3, 0.4) is 0 Å². The van der Waals surface area contributed by atoms with Crippen LogP contribution in [0.15, 0.2) is 10.7 Å². The molecule has 0 aliphatic rings. The largest absolute Gasteiger partial charge is 0.424 e. The SMILES string of the molecule is FC(SCl)=C(C(F)(F)F)C(F)(F)F. The molecule has 0 spiro atoms. The van der Waals surface area contributed by atoms with Crippen molar-refractivity contribution in [1.82, 2.24) is 0 Å². The van der Waals surface area contributed by atoms with E-state index in [4.69, 9.17) is 0 Å². The van der Waals surface area contributed by atoms with Gasteiger partial charge in [-0.1, -0.05) is 0 Å². The molecule has 13 heavy (non-hydrogen) atoms. The Morgan fingerprint density at radius 3 is 1.31 bits per heavy atom. The molecule has 9 heteroatoms. The van der Waals surface area contributed by atoms with Crippen LogP contribution in [0.25, 0.3) is 0 Å². The third kappa shape index (κ3) is 3.63. The normalized spacial score (nSPS) is 12.9. The zero-order chi connectivity index (χ0) is 10.9. The Morgan fingerprint density at radius 2 is 1.23 bits per heavy atom. The molecule has 0 aromatic carbocycles. The van der Waals surface area contributed by atoms with E-state index in [2.05, 4.69) is 10.7 Å². The van der Waals surface area contributed by atoms with Gasteiger partial charge in [0, 0.05) is 11.0 Å². The first-order valence-corrected chi connectivity index (χ1v) is 4.07. The molecule has 0 rings (SSSR count). The number of hydrogen-bond donors (Lipinski definition) is 0. The van der Waals surface area contributed by atoms with Crippen LogP contribution in [0.4, 0.5) is 30.7 Å². The molecule has 0 saturated carbocycles. The summed E-state index contributed by atoms with van der Waals surface area (Å²) < 4.78 is 81.4. The lowest BCUT2D eigenvalue weighted by Crippen LogP contribution is -2.26. The summed E-state index contributed by atoms with van der Waals surface area (Å²) in [6.45, 7) is 0. The third-order valence-electron chi connectivity index (χ3n) is 0.831. The average Bonchev–Trinajstić information content (AvgIpc) is 1.80. The van der Waals surface area contributed by atoms with Crippen LogP contribution in [0.5, 0.6) is 0 Å². The Morgan fingerprint density at radius 1 is 0.923 bits per heavy atom. The van der Waals surface area contributed by atoms with E-state index < -0.39 is 34.1 Å². The van der Waals surface area contributed by atoms with Gasteiger partial charge in [-0.3, -0.25) is 0 Å². The molecule has 0 saturated heterocycles. The third-order valence-corrected chi connectivity index (χ3v) is 1.58. The summed E-state index contributed by atoms with van der Waals surface area (Å²) in [5.41, 5.74) is -3.22. The summed E-state index contributed by atoms with van der Waals surface area (Å²) in [6.07, 6.45) is -11.6. The van der Waals surface area contributed by atoms with Gasteiger partial charge in [0.15, 0.2) is 10.7 Å². The van der Waals surface area contributed by atoms with Gasteiger partial charge in [-0.2, -0.15) is 30.7 Å². The molecule has 0 atom stereocenters. The van der Waals surface area contributed by atoms with Gasteiger partial charge in [-0.15, -0.1) is 0 Å². The minimum Gasteiger partial charge on any atom is -0.197 e. The molecule has 0 bridgehead atoms. The number of rotatable bonds is 1. The molecular formula is C4ClF7S. The van der Waals surface area contributed by atoms with Crippen molar-refractivity contribution in [3.05, 3.63) is 10.7 Å². The van der Waals surface area contributed by atoms with E-state index >= 15 is 0 Å². The molecule has 0 nitrogen and oxygen atoms in total. The minimum atomic E-state index is -5.80. The van der Waals surface area contributed by atoms with Crippen molar-refractivity contribution >= 4 is 21.7 Å². The summed E-state index contributed by atoms with van der Waals surface area (Å²) >= 11 is 0. The summed E-state index contributed by atoms with van der Waals surface area (Å²) in [6, 6.07) is 0. The Labute approximate surface area is 76.2 Å². The Bertz CT molecular complexity index is 198. The lowest BCUT2D eigenvalue weighted by atomic mass is 10.3. The predicted molar refractivity (Wildman–Crippen MR) is 33.7 cm³/mol. The predicted octanol–water partition coefficient (Wildman–Crippen LogP) is 4.18. The van der Waals surface area contributed by atoms with E-state index in [0.717, 1.165) is 0 Å². The molecule has 0 aromatic rings. The summed E-state index contributed by atoms with van der Waals surface area (Å²) in [7, 11) is 3.67. The average molecular weight is 249 g/mol. The highest BCUT2D eigenvalue weighted by Crippen LogP contribution is 2.44. The molecule has 0 aliphatic heterocycles. The van der Waals surface area contributed by atoms with E-state index in [0.29, 0.717) is 0 Å². The van der Waals surface area contributed by atoms with E-state index in [1.165, 1.54) is 0 Å². The quantitative estimate of drug-likeness (QED) is 0.627. The van der Waals surface area contributed by atoms with Crippen LogP contribution in [0.1, 0.15) is 0 Å². The molecule has 0 unspecified atom stereocenters. The second kappa shape index (κ2) is 3.95. The highest BCUT2D eigenvalue weighted by atomic mass is 35.7. The van der Waals surface area contributed by atoms with E-state index in [-0.39, 0.29) is 0 Å². The fraction of sp³-hybridized carbons (Fsp3) is 0.500. The summed E-state index contributed by atoms with van der Waals surface area (Å²) in [5.74, 6) is 0. The van der Waals surface area contributed by atoms with E-state index in [1.54, 1.807) is 0 Å². The van der Waals surface area contributed by atoms with Crippen molar-refractivity contribution < 1.29 is 30.7 Å². The summed E-state index contributed by atoms with van der Waals surface area (Å²) in [5, 5.41) is -2.51. The van der Waals surface area contributed by atoms with Crippen LogP contribution in [-0.2, 0) is 0 Å². The topological polar surface area (TPSA) is 0 Å². The lowest BCUT2D eigenvalue weighted by molar-refractivity contribution is -0.173. The number of allylic oxidation sites excluding steroid dienone is 1. The van der Waals surface area contributed by atoms with Gasteiger partial charge in [-0.05, 0) is 10.7 Å². The van der Waals surface area contributed by atoms with Crippen molar-refractivity contribution in [3.8, 4) is 0 Å². The van der Waals surface area contributed by atoms with Gasteiger partial charge >= 0.3 is 12.4 Å². The van der Waals surface area contributed by atoms with Crippen LogP contribution < -0.4 is 0 Å². The molecule has 0 fully saturated rings. The fourth-order valence-corrected chi connectivity index (χ4v) is 0.962. The molecule has 0 radical (unpaired) electrons. The standard InChI is InChI=1S/C4ClF7S/c5-13-2(6)1(3(7,8)9)4(10,11)12. The highest BCUT2D eigenvalue weighted by Gasteiger charge is 2.53. The second-order valence-electron chi connectivity index (χ2n) is 1.72. The zero-order valence-corrected chi connectivity index (χ0v) is 7.00. The van der Waals surface area contributed by atoms with Gasteiger partial charge < -0.3 is 0 Å². The number of hydrogen-bond acceptors (Lipinski definition) is 1. The van der Waals surface area contributed by atoms with Crippen molar-refractivity contribution in [2.45, 2.75) is 12.4 Å². The zero-order valence-electron chi connectivity index (χ0n) is 5.43. The van der Waals surface area contributed by atoms with Crippen molar-refractivity contribution in [1.29, 1.82) is 0 Å². The molecule has 0 aromatic heterocycles. The second-order valence-corrected chi connectivity index (χ2v) is 2.70. The first kappa shape index (κ1) is 12.9. The van der Waals surface area contributed by atoms with Gasteiger partial charge in [0.1, 0.15) is 0 Å². The molecular weight excluding hydrogens is 249 g/mol. The van der Waals surface area contributed by atoms with Crippen LogP contribution in [-0.4, -0.2) is 12.4 Å².